The van der Waals surface area contributed by atoms with Crippen molar-refractivity contribution in [3.8, 4) is 22.6 Å². The van der Waals surface area contributed by atoms with Crippen molar-refractivity contribution in [2.75, 3.05) is 18.6 Å². The standard InChI is InChI=1S/C28H26ClN3O2S/c1-35(34)18-27(33)32-13-12-23-21(8-5-9-22(23)17-32)14-19-10-11-25(29)24(15-19)28-30-16-26(31-28)20-6-3-2-4-7-20/h2-11,15-16H,12-14,17-18H2,1H3,(H,30,31). The summed E-state index contributed by atoms with van der Waals surface area (Å²) in [6.45, 7) is 1.22. The lowest BCUT2D eigenvalue weighted by Crippen LogP contribution is -2.38. The molecule has 0 saturated carbocycles. The van der Waals surface area contributed by atoms with E-state index in [1.165, 1.54) is 11.1 Å². The second kappa shape index (κ2) is 10.2. The first kappa shape index (κ1) is 23.5. The second-order valence-corrected chi connectivity index (χ2v) is 10.7. The molecule has 178 valence electrons. The van der Waals surface area contributed by atoms with E-state index in [1.807, 2.05) is 47.5 Å². The highest BCUT2D eigenvalue weighted by Gasteiger charge is 2.23. The van der Waals surface area contributed by atoms with Crippen molar-refractivity contribution in [1.29, 1.82) is 0 Å². The highest BCUT2D eigenvalue weighted by Crippen LogP contribution is 2.31. The Balaban J connectivity index is 1.38. The van der Waals surface area contributed by atoms with E-state index in [0.29, 0.717) is 18.1 Å². The smallest absolute Gasteiger partial charge is 0.235 e. The van der Waals surface area contributed by atoms with Gasteiger partial charge in [-0.1, -0.05) is 66.2 Å². The molecule has 1 atom stereocenters. The zero-order chi connectivity index (χ0) is 24.4. The van der Waals surface area contributed by atoms with Gasteiger partial charge < -0.3 is 9.88 Å². The fourth-order valence-electron chi connectivity index (χ4n) is 4.64. The Bertz CT molecular complexity index is 1400. The Morgan fingerprint density at radius 2 is 1.94 bits per heavy atom. The van der Waals surface area contributed by atoms with E-state index in [2.05, 4.69) is 40.3 Å². The molecular weight excluding hydrogens is 478 g/mol. The van der Waals surface area contributed by atoms with Gasteiger partial charge in [0.25, 0.3) is 0 Å². The van der Waals surface area contributed by atoms with Crippen LogP contribution in [0.1, 0.15) is 22.3 Å². The van der Waals surface area contributed by atoms with E-state index in [4.69, 9.17) is 11.6 Å². The van der Waals surface area contributed by atoms with Crippen LogP contribution in [0.5, 0.6) is 0 Å². The number of rotatable bonds is 6. The number of benzene rings is 3. The number of aromatic amines is 1. The van der Waals surface area contributed by atoms with Gasteiger partial charge in [0, 0.05) is 35.7 Å². The first-order valence-electron chi connectivity index (χ1n) is 11.5. The molecule has 0 radical (unpaired) electrons. The fourth-order valence-corrected chi connectivity index (χ4v) is 5.38. The molecule has 3 aromatic carbocycles. The molecule has 5 nitrogen and oxygen atoms in total. The van der Waals surface area contributed by atoms with Crippen molar-refractivity contribution in [2.45, 2.75) is 19.4 Å². The third-order valence-electron chi connectivity index (χ3n) is 6.38. The van der Waals surface area contributed by atoms with Crippen molar-refractivity contribution in [1.82, 2.24) is 14.9 Å². The predicted molar refractivity (Wildman–Crippen MR) is 142 cm³/mol. The molecule has 4 aromatic rings. The van der Waals surface area contributed by atoms with Gasteiger partial charge in [-0.2, -0.15) is 0 Å². The zero-order valence-electron chi connectivity index (χ0n) is 19.5. The van der Waals surface area contributed by atoms with E-state index >= 15 is 0 Å². The zero-order valence-corrected chi connectivity index (χ0v) is 21.0. The van der Waals surface area contributed by atoms with Gasteiger partial charge in [0.15, 0.2) is 0 Å². The molecular formula is C28H26ClN3O2S. The predicted octanol–water partition coefficient (Wildman–Crippen LogP) is 5.25. The number of hydrogen-bond donors (Lipinski definition) is 1. The van der Waals surface area contributed by atoms with Gasteiger partial charge in [0.05, 0.1) is 16.9 Å². The molecule has 1 aromatic heterocycles. The quantitative estimate of drug-likeness (QED) is 0.390. The topological polar surface area (TPSA) is 66.1 Å². The average Bonchev–Trinajstić information content (AvgIpc) is 3.35. The van der Waals surface area contributed by atoms with Crippen LogP contribution in [-0.4, -0.2) is 43.5 Å². The van der Waals surface area contributed by atoms with E-state index in [9.17, 15) is 9.00 Å². The van der Waals surface area contributed by atoms with Crippen molar-refractivity contribution in [3.63, 3.8) is 0 Å². The van der Waals surface area contributed by atoms with Gasteiger partial charge in [-0.3, -0.25) is 9.00 Å². The van der Waals surface area contributed by atoms with Crippen molar-refractivity contribution < 1.29 is 9.00 Å². The maximum atomic E-state index is 12.4. The first-order valence-corrected chi connectivity index (χ1v) is 13.6. The van der Waals surface area contributed by atoms with Crippen LogP contribution in [0, 0.1) is 0 Å². The van der Waals surface area contributed by atoms with Gasteiger partial charge in [-0.15, -0.1) is 0 Å². The lowest BCUT2D eigenvalue weighted by Gasteiger charge is -2.30. The summed E-state index contributed by atoms with van der Waals surface area (Å²) in [4.78, 5) is 22.2. The summed E-state index contributed by atoms with van der Waals surface area (Å²) in [5.41, 5.74) is 7.77. The summed E-state index contributed by atoms with van der Waals surface area (Å²) in [7, 11) is -1.13. The van der Waals surface area contributed by atoms with Gasteiger partial charge in [-0.05, 0) is 52.8 Å². The van der Waals surface area contributed by atoms with E-state index < -0.39 is 10.8 Å². The molecule has 0 aliphatic carbocycles. The number of fused-ring (bicyclic) bond motifs is 1. The molecule has 35 heavy (non-hydrogen) atoms. The minimum atomic E-state index is -1.13. The fraction of sp³-hybridized carbons (Fsp3) is 0.214. The summed E-state index contributed by atoms with van der Waals surface area (Å²) in [5.74, 6) is 0.784. The Kier molecular flexibility index (Phi) is 6.84. The van der Waals surface area contributed by atoms with Crippen LogP contribution in [0.3, 0.4) is 0 Å². The summed E-state index contributed by atoms with van der Waals surface area (Å²) in [6.07, 6.45) is 4.97. The van der Waals surface area contributed by atoms with Crippen LogP contribution in [0.2, 0.25) is 5.02 Å². The number of carbonyl (C=O) groups is 1. The van der Waals surface area contributed by atoms with Crippen molar-refractivity contribution >= 4 is 28.3 Å². The number of imidazole rings is 1. The molecule has 1 aliphatic rings. The second-order valence-electron chi connectivity index (χ2n) is 8.84. The van der Waals surface area contributed by atoms with Crippen LogP contribution >= 0.6 is 11.6 Å². The first-order chi connectivity index (χ1) is 17.0. The van der Waals surface area contributed by atoms with E-state index in [0.717, 1.165) is 46.6 Å². The molecule has 0 fully saturated rings. The van der Waals surface area contributed by atoms with Crippen LogP contribution in [0.25, 0.3) is 22.6 Å². The van der Waals surface area contributed by atoms with Crippen LogP contribution in [0.4, 0.5) is 0 Å². The maximum Gasteiger partial charge on any atom is 0.235 e. The third kappa shape index (κ3) is 5.24. The highest BCUT2D eigenvalue weighted by molar-refractivity contribution is 7.85. The lowest BCUT2D eigenvalue weighted by molar-refractivity contribution is -0.129. The Labute approximate surface area is 212 Å². The third-order valence-corrected chi connectivity index (χ3v) is 7.37. The minimum absolute atomic E-state index is 0.0439. The molecule has 1 aliphatic heterocycles. The summed E-state index contributed by atoms with van der Waals surface area (Å²) < 4.78 is 11.5. The van der Waals surface area contributed by atoms with Crippen molar-refractivity contribution in [2.24, 2.45) is 0 Å². The SMILES string of the molecule is CS(=O)CC(=O)N1CCc2c(Cc3ccc(Cl)c(-c4ncc(-c5ccccc5)[nH]4)c3)cccc2C1. The summed E-state index contributed by atoms with van der Waals surface area (Å²) in [6, 6.07) is 22.5. The number of nitrogens with one attached hydrogen (secondary N) is 1. The normalized spacial score (nSPS) is 13.9. The molecule has 1 amide bonds. The number of hydrogen-bond acceptors (Lipinski definition) is 3. The van der Waals surface area contributed by atoms with Crippen molar-refractivity contribution in [3.05, 3.63) is 100 Å². The summed E-state index contributed by atoms with van der Waals surface area (Å²) in [5, 5.41) is 0.653. The molecule has 0 bridgehead atoms. The number of nitrogens with zero attached hydrogens (tertiary/aromatic N) is 2. The molecule has 7 heteroatoms. The van der Waals surface area contributed by atoms with Crippen LogP contribution < -0.4 is 0 Å². The van der Waals surface area contributed by atoms with E-state index in [1.54, 1.807) is 6.26 Å². The number of H-pyrrole nitrogens is 1. The van der Waals surface area contributed by atoms with Gasteiger partial charge in [0.1, 0.15) is 11.6 Å². The van der Waals surface area contributed by atoms with Crippen LogP contribution in [-0.2, 0) is 35.0 Å². The molecule has 2 heterocycles. The van der Waals surface area contributed by atoms with Crippen LogP contribution in [0.15, 0.2) is 72.9 Å². The molecule has 0 saturated heterocycles. The molecule has 1 N–H and O–H groups in total. The molecule has 0 spiro atoms. The Morgan fingerprint density at radius 3 is 2.74 bits per heavy atom. The lowest BCUT2D eigenvalue weighted by atomic mass is 9.90. The van der Waals surface area contributed by atoms with Gasteiger partial charge >= 0.3 is 0 Å². The van der Waals surface area contributed by atoms with Gasteiger partial charge in [-0.25, -0.2) is 4.98 Å². The number of carbonyl (C=O) groups excluding carboxylic acids is 1. The summed E-state index contributed by atoms with van der Waals surface area (Å²) >= 11 is 6.57. The minimum Gasteiger partial charge on any atom is -0.338 e. The number of amides is 1. The Hall–Kier alpha value is -3.22. The number of aromatic nitrogens is 2. The highest BCUT2D eigenvalue weighted by atomic mass is 35.5. The number of halogens is 1. The molecule has 1 unspecified atom stereocenters. The Morgan fingerprint density at radius 1 is 1.11 bits per heavy atom. The maximum absolute atomic E-state index is 12.4. The van der Waals surface area contributed by atoms with Gasteiger partial charge in [0.2, 0.25) is 5.91 Å². The van der Waals surface area contributed by atoms with E-state index in [-0.39, 0.29) is 11.7 Å². The molecule has 5 rings (SSSR count). The average molecular weight is 504 g/mol. The monoisotopic (exact) mass is 503 g/mol. The largest absolute Gasteiger partial charge is 0.338 e.